The Bertz CT molecular complexity index is 435. The molecule has 0 aliphatic carbocycles. The average Bonchev–Trinajstić information content (AvgIpc) is 2.58. The van der Waals surface area contributed by atoms with Crippen LogP contribution in [0.25, 0.3) is 0 Å². The number of hydrogen-bond donors (Lipinski definition) is 1. The molecule has 1 N–H and O–H groups in total. The van der Waals surface area contributed by atoms with Crippen molar-refractivity contribution in [2.24, 2.45) is 0 Å². The van der Waals surface area contributed by atoms with E-state index in [-0.39, 0.29) is 29.6 Å². The van der Waals surface area contributed by atoms with Crippen molar-refractivity contribution in [1.82, 2.24) is 4.90 Å². The van der Waals surface area contributed by atoms with E-state index in [1.54, 1.807) is 0 Å². The number of carbonyl (C=O) groups excluding carboxylic acids is 3. The molecule has 1 aliphatic rings. The minimum atomic E-state index is -0.356. The monoisotopic (exact) mass is 353 g/mol. The summed E-state index contributed by atoms with van der Waals surface area (Å²) in [6.45, 7) is 3.89. The van der Waals surface area contributed by atoms with E-state index < -0.39 is 0 Å². The van der Waals surface area contributed by atoms with Crippen LogP contribution in [0.1, 0.15) is 90.9 Å². The van der Waals surface area contributed by atoms with E-state index in [4.69, 9.17) is 0 Å². The van der Waals surface area contributed by atoms with Crippen LogP contribution in [0.3, 0.4) is 0 Å². The van der Waals surface area contributed by atoms with Crippen molar-refractivity contribution in [3.05, 3.63) is 0 Å². The molecule has 1 rings (SSSR count). The molecule has 1 fully saturated rings. The quantitative estimate of drug-likeness (QED) is 0.431. The van der Waals surface area contributed by atoms with Crippen molar-refractivity contribution in [3.63, 3.8) is 0 Å². The van der Waals surface area contributed by atoms with E-state index in [1.165, 1.54) is 6.92 Å². The predicted molar refractivity (Wildman–Crippen MR) is 98.3 cm³/mol. The second kappa shape index (κ2) is 12.2. The van der Waals surface area contributed by atoms with Gasteiger partial charge in [-0.25, -0.2) is 0 Å². The number of unbranched alkanes of at least 4 members (excludes halogenated alkanes) is 7. The SMILES string of the molecule is CC(=O)C(=O)CCCCCCCCCCC(=O)N1C[C@H](O)CC[C@@H]1C. The van der Waals surface area contributed by atoms with Crippen LogP contribution in [0.2, 0.25) is 0 Å². The largest absolute Gasteiger partial charge is 0.391 e. The summed E-state index contributed by atoms with van der Waals surface area (Å²) < 4.78 is 0. The molecule has 1 aliphatic heterocycles. The molecule has 0 aromatic carbocycles. The molecule has 1 heterocycles. The minimum absolute atomic E-state index is 0.182. The second-order valence-electron chi connectivity index (χ2n) is 7.43. The van der Waals surface area contributed by atoms with Crippen LogP contribution in [0.4, 0.5) is 0 Å². The Balaban J connectivity index is 1.95. The molecular formula is C20H35NO4. The van der Waals surface area contributed by atoms with E-state index >= 15 is 0 Å². The zero-order valence-corrected chi connectivity index (χ0v) is 16.0. The molecule has 144 valence electrons. The van der Waals surface area contributed by atoms with Crippen LogP contribution in [-0.2, 0) is 14.4 Å². The number of likely N-dealkylation sites (tertiary alicyclic amines) is 1. The summed E-state index contributed by atoms with van der Waals surface area (Å²) in [6.07, 6.45) is 10.7. The summed E-state index contributed by atoms with van der Waals surface area (Å²) in [5.41, 5.74) is 0. The normalized spacial score (nSPS) is 20.5. The van der Waals surface area contributed by atoms with Gasteiger partial charge in [-0.3, -0.25) is 14.4 Å². The molecule has 0 radical (unpaired) electrons. The Hall–Kier alpha value is -1.23. The zero-order chi connectivity index (χ0) is 18.7. The summed E-state index contributed by atoms with van der Waals surface area (Å²) in [7, 11) is 0. The number of nitrogens with zero attached hydrogens (tertiary/aromatic N) is 1. The smallest absolute Gasteiger partial charge is 0.222 e. The first-order chi connectivity index (χ1) is 11.9. The molecule has 2 atom stereocenters. The number of ketones is 2. The lowest BCUT2D eigenvalue weighted by Gasteiger charge is -2.36. The number of Topliss-reactive ketones (excluding diaryl/α,β-unsaturated/α-hetero) is 2. The van der Waals surface area contributed by atoms with Gasteiger partial charge in [-0.1, -0.05) is 38.5 Å². The standard InChI is InChI=1S/C20H35NO4/c1-16-13-14-18(23)15-21(16)20(25)12-10-8-6-4-3-5-7-9-11-19(24)17(2)22/h16,18,23H,3-15H2,1-2H3/t16-,18+/m0/s1. The van der Waals surface area contributed by atoms with Crippen LogP contribution < -0.4 is 0 Å². The first kappa shape index (κ1) is 21.8. The molecule has 0 saturated carbocycles. The number of aliphatic hydroxyl groups is 1. The van der Waals surface area contributed by atoms with Crippen molar-refractivity contribution < 1.29 is 19.5 Å². The average molecular weight is 354 g/mol. The Morgan fingerprint density at radius 2 is 1.40 bits per heavy atom. The number of rotatable bonds is 12. The van der Waals surface area contributed by atoms with Crippen LogP contribution >= 0.6 is 0 Å². The molecular weight excluding hydrogens is 318 g/mol. The molecule has 0 unspecified atom stereocenters. The van der Waals surface area contributed by atoms with Crippen molar-refractivity contribution >= 4 is 17.5 Å². The Morgan fingerprint density at radius 3 is 1.96 bits per heavy atom. The lowest BCUT2D eigenvalue weighted by molar-refractivity contribution is -0.137. The molecule has 0 aromatic rings. The Labute approximate surface area is 152 Å². The van der Waals surface area contributed by atoms with Gasteiger partial charge in [0, 0.05) is 32.4 Å². The van der Waals surface area contributed by atoms with Gasteiger partial charge in [0.15, 0.2) is 11.6 Å². The zero-order valence-electron chi connectivity index (χ0n) is 16.0. The Kier molecular flexibility index (Phi) is 10.6. The topological polar surface area (TPSA) is 74.7 Å². The third-order valence-corrected chi connectivity index (χ3v) is 5.11. The fourth-order valence-electron chi connectivity index (χ4n) is 3.38. The number of β-amino-alcohol motifs (C(OH)–C–C–N with tert-alkyl or cyclic N) is 1. The molecule has 1 amide bonds. The number of hydrogen-bond acceptors (Lipinski definition) is 4. The molecule has 25 heavy (non-hydrogen) atoms. The van der Waals surface area contributed by atoms with Gasteiger partial charge in [0.05, 0.1) is 6.10 Å². The minimum Gasteiger partial charge on any atom is -0.391 e. The number of aliphatic hydroxyl groups excluding tert-OH is 1. The van der Waals surface area contributed by atoms with Crippen molar-refractivity contribution in [2.45, 2.75) is 103 Å². The maximum absolute atomic E-state index is 12.2. The first-order valence-corrected chi connectivity index (χ1v) is 9.93. The van der Waals surface area contributed by atoms with Crippen molar-refractivity contribution in [2.75, 3.05) is 6.54 Å². The first-order valence-electron chi connectivity index (χ1n) is 9.93. The number of carbonyl (C=O) groups is 3. The van der Waals surface area contributed by atoms with Gasteiger partial charge in [-0.05, 0) is 32.6 Å². The summed E-state index contributed by atoms with van der Waals surface area (Å²) >= 11 is 0. The van der Waals surface area contributed by atoms with Crippen LogP contribution in [0.5, 0.6) is 0 Å². The van der Waals surface area contributed by atoms with E-state index in [0.717, 1.165) is 64.2 Å². The highest BCUT2D eigenvalue weighted by molar-refractivity contribution is 6.36. The van der Waals surface area contributed by atoms with Gasteiger partial charge in [0.1, 0.15) is 0 Å². The third-order valence-electron chi connectivity index (χ3n) is 5.11. The number of amides is 1. The second-order valence-corrected chi connectivity index (χ2v) is 7.43. The maximum Gasteiger partial charge on any atom is 0.222 e. The number of piperidine rings is 1. The predicted octanol–water partition coefficient (Wildman–Crippen LogP) is 3.42. The third kappa shape index (κ3) is 9.15. The Morgan fingerprint density at radius 1 is 0.880 bits per heavy atom. The molecule has 0 aromatic heterocycles. The van der Waals surface area contributed by atoms with Crippen LogP contribution in [0.15, 0.2) is 0 Å². The van der Waals surface area contributed by atoms with Gasteiger partial charge in [0.2, 0.25) is 5.91 Å². The van der Waals surface area contributed by atoms with E-state index in [9.17, 15) is 19.5 Å². The van der Waals surface area contributed by atoms with E-state index in [0.29, 0.717) is 19.4 Å². The lowest BCUT2D eigenvalue weighted by Crippen LogP contribution is -2.47. The van der Waals surface area contributed by atoms with Crippen LogP contribution in [-0.4, -0.2) is 46.2 Å². The summed E-state index contributed by atoms with van der Waals surface area (Å²) in [5.74, 6) is -0.399. The summed E-state index contributed by atoms with van der Waals surface area (Å²) in [5, 5.41) is 9.70. The van der Waals surface area contributed by atoms with Gasteiger partial charge >= 0.3 is 0 Å². The highest BCUT2D eigenvalue weighted by atomic mass is 16.3. The van der Waals surface area contributed by atoms with Gasteiger partial charge in [-0.2, -0.15) is 0 Å². The van der Waals surface area contributed by atoms with E-state index in [1.807, 2.05) is 4.90 Å². The maximum atomic E-state index is 12.2. The van der Waals surface area contributed by atoms with Gasteiger partial charge < -0.3 is 10.0 Å². The fraction of sp³-hybridized carbons (Fsp3) is 0.850. The van der Waals surface area contributed by atoms with Gasteiger partial charge in [0.25, 0.3) is 0 Å². The molecule has 1 saturated heterocycles. The molecule has 5 nitrogen and oxygen atoms in total. The van der Waals surface area contributed by atoms with Gasteiger partial charge in [-0.15, -0.1) is 0 Å². The summed E-state index contributed by atoms with van der Waals surface area (Å²) in [6, 6.07) is 0.255. The highest BCUT2D eigenvalue weighted by Crippen LogP contribution is 2.19. The fourth-order valence-corrected chi connectivity index (χ4v) is 3.38. The van der Waals surface area contributed by atoms with Crippen molar-refractivity contribution in [1.29, 1.82) is 0 Å². The summed E-state index contributed by atoms with van der Waals surface area (Å²) in [4.78, 5) is 36.0. The molecule has 0 spiro atoms. The highest BCUT2D eigenvalue weighted by Gasteiger charge is 2.27. The lowest BCUT2D eigenvalue weighted by atomic mass is 10.0. The van der Waals surface area contributed by atoms with Crippen LogP contribution in [0, 0.1) is 0 Å². The van der Waals surface area contributed by atoms with Crippen molar-refractivity contribution in [3.8, 4) is 0 Å². The molecule has 5 heteroatoms. The van der Waals surface area contributed by atoms with E-state index in [2.05, 4.69) is 6.92 Å². The molecule has 0 bridgehead atoms.